The Kier molecular flexibility index (Phi) is 3.38. The topological polar surface area (TPSA) is 59.2 Å². The molecule has 1 saturated carbocycles. The summed E-state index contributed by atoms with van der Waals surface area (Å²) in [5, 5.41) is 0.478. The van der Waals surface area contributed by atoms with Crippen molar-refractivity contribution in [1.29, 1.82) is 0 Å². The smallest absolute Gasteiger partial charge is 0.266 e. The van der Waals surface area contributed by atoms with Gasteiger partial charge in [0.2, 0.25) is 0 Å². The molecule has 0 aromatic carbocycles. The third-order valence-electron chi connectivity index (χ3n) is 2.82. The summed E-state index contributed by atoms with van der Waals surface area (Å²) in [7, 11) is 0. The van der Waals surface area contributed by atoms with Crippen LogP contribution < -0.4 is 5.73 Å². The largest absolute Gasteiger partial charge is 0.375 e. The molecule has 1 aromatic rings. The van der Waals surface area contributed by atoms with Gasteiger partial charge in [0.25, 0.3) is 5.91 Å². The summed E-state index contributed by atoms with van der Waals surface area (Å²) in [6.45, 7) is 6.94. The van der Waals surface area contributed by atoms with Crippen molar-refractivity contribution in [3.63, 3.8) is 0 Å². The predicted molar refractivity (Wildman–Crippen MR) is 70.2 cm³/mol. The van der Waals surface area contributed by atoms with Gasteiger partial charge >= 0.3 is 0 Å². The SMILES string of the molecule is Cc1nc(N)sc1C(=O)N(CC(C)C)C1CC1. The summed E-state index contributed by atoms with van der Waals surface area (Å²) in [5.74, 6) is 0.595. The monoisotopic (exact) mass is 253 g/mol. The molecule has 0 radical (unpaired) electrons. The lowest BCUT2D eigenvalue weighted by Crippen LogP contribution is -2.36. The fourth-order valence-electron chi connectivity index (χ4n) is 1.92. The summed E-state index contributed by atoms with van der Waals surface area (Å²) in [6.07, 6.45) is 2.26. The number of thiazole rings is 1. The second kappa shape index (κ2) is 4.64. The Hall–Kier alpha value is -1.10. The number of hydrogen-bond donors (Lipinski definition) is 1. The van der Waals surface area contributed by atoms with Crippen LogP contribution in [0.2, 0.25) is 0 Å². The molecule has 5 heteroatoms. The van der Waals surface area contributed by atoms with Crippen molar-refractivity contribution in [2.24, 2.45) is 5.92 Å². The standard InChI is InChI=1S/C12H19N3OS/c1-7(2)6-15(9-4-5-9)11(16)10-8(3)14-12(13)17-10/h7,9H,4-6H2,1-3H3,(H2,13,14). The van der Waals surface area contributed by atoms with Crippen LogP contribution in [0.25, 0.3) is 0 Å². The molecule has 1 fully saturated rings. The maximum Gasteiger partial charge on any atom is 0.266 e. The predicted octanol–water partition coefficient (Wildman–Crippen LogP) is 2.29. The maximum atomic E-state index is 12.4. The highest BCUT2D eigenvalue weighted by Crippen LogP contribution is 2.31. The van der Waals surface area contributed by atoms with Crippen molar-refractivity contribution in [2.75, 3.05) is 12.3 Å². The number of aromatic nitrogens is 1. The molecule has 1 aromatic heterocycles. The van der Waals surface area contributed by atoms with Crippen molar-refractivity contribution in [3.8, 4) is 0 Å². The first-order valence-corrected chi connectivity index (χ1v) is 6.84. The van der Waals surface area contributed by atoms with E-state index in [2.05, 4.69) is 18.8 Å². The number of nitrogens with zero attached hydrogens (tertiary/aromatic N) is 2. The third kappa shape index (κ3) is 2.77. The first-order chi connectivity index (χ1) is 7.99. The average Bonchev–Trinajstić information content (AvgIpc) is 3.00. The summed E-state index contributed by atoms with van der Waals surface area (Å²) in [5.41, 5.74) is 6.40. The van der Waals surface area contributed by atoms with Crippen LogP contribution >= 0.6 is 11.3 Å². The van der Waals surface area contributed by atoms with E-state index < -0.39 is 0 Å². The van der Waals surface area contributed by atoms with Gasteiger partial charge in [-0.15, -0.1) is 0 Å². The molecule has 2 N–H and O–H groups in total. The third-order valence-corrected chi connectivity index (χ3v) is 3.79. The van der Waals surface area contributed by atoms with Crippen molar-refractivity contribution >= 4 is 22.4 Å². The van der Waals surface area contributed by atoms with Gasteiger partial charge in [-0.3, -0.25) is 4.79 Å². The molecule has 0 bridgehead atoms. The van der Waals surface area contributed by atoms with E-state index in [1.165, 1.54) is 11.3 Å². The van der Waals surface area contributed by atoms with Gasteiger partial charge in [-0.1, -0.05) is 25.2 Å². The lowest BCUT2D eigenvalue weighted by atomic mass is 10.2. The Morgan fingerprint density at radius 3 is 2.65 bits per heavy atom. The summed E-state index contributed by atoms with van der Waals surface area (Å²) in [4.78, 5) is 19.3. The molecule has 0 spiro atoms. The molecule has 0 saturated heterocycles. The molecule has 0 unspecified atom stereocenters. The van der Waals surface area contributed by atoms with E-state index in [0.717, 1.165) is 25.1 Å². The quantitative estimate of drug-likeness (QED) is 0.895. The number of anilines is 1. The Morgan fingerprint density at radius 1 is 1.59 bits per heavy atom. The van der Waals surface area contributed by atoms with E-state index >= 15 is 0 Å². The van der Waals surface area contributed by atoms with Gasteiger partial charge in [0, 0.05) is 12.6 Å². The zero-order chi connectivity index (χ0) is 12.6. The number of hydrogen-bond acceptors (Lipinski definition) is 4. The van der Waals surface area contributed by atoms with Crippen LogP contribution in [-0.2, 0) is 0 Å². The fraction of sp³-hybridized carbons (Fsp3) is 0.667. The first kappa shape index (κ1) is 12.4. The number of rotatable bonds is 4. The van der Waals surface area contributed by atoms with Gasteiger partial charge in [0.05, 0.1) is 5.69 Å². The Bertz CT molecular complexity index is 423. The van der Waals surface area contributed by atoms with Crippen LogP contribution in [0, 0.1) is 12.8 Å². The van der Waals surface area contributed by atoms with Crippen LogP contribution in [0.4, 0.5) is 5.13 Å². The lowest BCUT2D eigenvalue weighted by Gasteiger charge is -2.23. The molecule has 2 rings (SSSR count). The molecule has 94 valence electrons. The van der Waals surface area contributed by atoms with E-state index in [1.54, 1.807) is 0 Å². The molecule has 0 aliphatic heterocycles. The first-order valence-electron chi connectivity index (χ1n) is 6.03. The molecule has 0 atom stereocenters. The lowest BCUT2D eigenvalue weighted by molar-refractivity contribution is 0.0726. The Balaban J connectivity index is 2.18. The van der Waals surface area contributed by atoms with Crippen LogP contribution in [0.1, 0.15) is 42.1 Å². The molecular formula is C12H19N3OS. The number of carbonyl (C=O) groups excluding carboxylic acids is 1. The minimum absolute atomic E-state index is 0.105. The molecule has 17 heavy (non-hydrogen) atoms. The summed E-state index contributed by atoms with van der Waals surface area (Å²) >= 11 is 1.30. The van der Waals surface area contributed by atoms with Crippen LogP contribution in [-0.4, -0.2) is 28.4 Å². The van der Waals surface area contributed by atoms with Gasteiger partial charge in [-0.2, -0.15) is 0 Å². The summed E-state index contributed by atoms with van der Waals surface area (Å²) < 4.78 is 0. The van der Waals surface area contributed by atoms with Crippen molar-refractivity contribution in [2.45, 2.75) is 39.7 Å². The van der Waals surface area contributed by atoms with Crippen LogP contribution in [0.3, 0.4) is 0 Å². The number of aryl methyl sites for hydroxylation is 1. The van der Waals surface area contributed by atoms with E-state index in [-0.39, 0.29) is 5.91 Å². The summed E-state index contributed by atoms with van der Waals surface area (Å²) in [6, 6.07) is 0.438. The molecule has 1 aliphatic rings. The minimum Gasteiger partial charge on any atom is -0.375 e. The number of nitrogen functional groups attached to an aromatic ring is 1. The molecular weight excluding hydrogens is 234 g/mol. The van der Waals surface area contributed by atoms with Crippen molar-refractivity contribution in [3.05, 3.63) is 10.6 Å². The van der Waals surface area contributed by atoms with E-state index in [0.29, 0.717) is 22.0 Å². The number of nitrogens with two attached hydrogens (primary N) is 1. The number of carbonyl (C=O) groups is 1. The molecule has 1 heterocycles. The molecule has 1 aliphatic carbocycles. The number of amides is 1. The average molecular weight is 253 g/mol. The maximum absolute atomic E-state index is 12.4. The van der Waals surface area contributed by atoms with Gasteiger partial charge in [0.15, 0.2) is 5.13 Å². The highest BCUT2D eigenvalue weighted by Gasteiger charge is 2.34. The van der Waals surface area contributed by atoms with Gasteiger partial charge in [-0.05, 0) is 25.7 Å². The molecule has 1 amide bonds. The zero-order valence-corrected chi connectivity index (χ0v) is 11.4. The second-order valence-electron chi connectivity index (χ2n) is 5.05. The van der Waals surface area contributed by atoms with Crippen molar-refractivity contribution in [1.82, 2.24) is 9.88 Å². The highest BCUT2D eigenvalue weighted by molar-refractivity contribution is 7.17. The zero-order valence-electron chi connectivity index (χ0n) is 10.6. The van der Waals surface area contributed by atoms with Crippen molar-refractivity contribution < 1.29 is 4.79 Å². The minimum atomic E-state index is 0.105. The van der Waals surface area contributed by atoms with E-state index in [1.807, 2.05) is 11.8 Å². The van der Waals surface area contributed by atoms with Crippen LogP contribution in [0.15, 0.2) is 0 Å². The van der Waals surface area contributed by atoms with Gasteiger partial charge in [-0.25, -0.2) is 4.98 Å². The highest BCUT2D eigenvalue weighted by atomic mass is 32.1. The normalized spacial score (nSPS) is 15.3. The fourth-order valence-corrected chi connectivity index (χ4v) is 2.71. The molecule has 4 nitrogen and oxygen atoms in total. The van der Waals surface area contributed by atoms with Gasteiger partial charge in [0.1, 0.15) is 4.88 Å². The van der Waals surface area contributed by atoms with Gasteiger partial charge < -0.3 is 10.6 Å². The second-order valence-corrected chi connectivity index (χ2v) is 6.08. The Morgan fingerprint density at radius 2 is 2.24 bits per heavy atom. The van der Waals surface area contributed by atoms with E-state index in [4.69, 9.17) is 5.73 Å². The van der Waals surface area contributed by atoms with E-state index in [9.17, 15) is 4.79 Å². The Labute approximate surface area is 106 Å². The van der Waals surface area contributed by atoms with Crippen LogP contribution in [0.5, 0.6) is 0 Å².